The van der Waals surface area contributed by atoms with Crippen LogP contribution in [0.1, 0.15) is 18.5 Å². The van der Waals surface area contributed by atoms with Gasteiger partial charge in [0.1, 0.15) is 0 Å². The van der Waals surface area contributed by atoms with Crippen molar-refractivity contribution in [1.82, 2.24) is 4.98 Å². The molecule has 0 radical (unpaired) electrons. The van der Waals surface area contributed by atoms with Crippen LogP contribution in [0.4, 0.5) is 22.7 Å². The molecule has 0 bridgehead atoms. The highest BCUT2D eigenvalue weighted by atomic mass is 32.1. The lowest BCUT2D eigenvalue weighted by Gasteiger charge is -2.13. The zero-order valence-electron chi connectivity index (χ0n) is 9.91. The average molecular weight is 314 g/mol. The van der Waals surface area contributed by atoms with Crippen molar-refractivity contribution in [2.24, 2.45) is 0 Å². The first kappa shape index (κ1) is 16.3. The Balaban J connectivity index is 2.56. The van der Waals surface area contributed by atoms with Crippen molar-refractivity contribution in [3.8, 4) is 0 Å². The second-order valence-corrected chi connectivity index (χ2v) is 4.63. The second kappa shape index (κ2) is 6.64. The Labute approximate surface area is 114 Å². The standard InChI is InChI=1S/C10H10F4N2O3S/c11-7(12)10(13,14)8(19)16-9-15-5(4-20-9)2-1-3-6(17)18/h4,7H,1-3H2,(H,17,18)(H,15,16,19). The summed E-state index contributed by atoms with van der Waals surface area (Å²) in [6.45, 7) is 0. The minimum Gasteiger partial charge on any atom is -0.481 e. The predicted octanol–water partition coefficient (Wildman–Crippen LogP) is 2.39. The number of aromatic nitrogens is 1. The number of carboxylic acid groups (broad SMARTS) is 1. The third kappa shape index (κ3) is 4.44. The largest absolute Gasteiger partial charge is 0.481 e. The summed E-state index contributed by atoms with van der Waals surface area (Å²) in [5.74, 6) is -7.89. The number of nitrogens with zero attached hydrogens (tertiary/aromatic N) is 1. The van der Waals surface area contributed by atoms with E-state index in [0.29, 0.717) is 12.1 Å². The van der Waals surface area contributed by atoms with Crippen LogP contribution in [0.3, 0.4) is 0 Å². The van der Waals surface area contributed by atoms with Crippen LogP contribution in [0.2, 0.25) is 0 Å². The molecule has 1 rings (SSSR count). The van der Waals surface area contributed by atoms with Gasteiger partial charge in [-0.3, -0.25) is 14.9 Å². The van der Waals surface area contributed by atoms with Gasteiger partial charge in [0.2, 0.25) is 0 Å². The van der Waals surface area contributed by atoms with Gasteiger partial charge in [-0.1, -0.05) is 0 Å². The third-order valence-corrected chi connectivity index (χ3v) is 2.98. The van der Waals surface area contributed by atoms with Gasteiger partial charge in [-0.2, -0.15) is 8.78 Å². The van der Waals surface area contributed by atoms with Crippen LogP contribution in [0.15, 0.2) is 5.38 Å². The molecule has 0 fully saturated rings. The van der Waals surface area contributed by atoms with Gasteiger partial charge in [0.25, 0.3) is 0 Å². The molecular formula is C10H10F4N2O3S. The number of aryl methyl sites for hydroxylation is 1. The molecule has 1 aromatic heterocycles. The van der Waals surface area contributed by atoms with Crippen LogP contribution in [0.5, 0.6) is 0 Å². The molecule has 1 aromatic rings. The Morgan fingerprint density at radius 3 is 2.65 bits per heavy atom. The van der Waals surface area contributed by atoms with Crippen molar-refractivity contribution >= 4 is 28.3 Å². The molecule has 0 aromatic carbocycles. The highest BCUT2D eigenvalue weighted by Gasteiger charge is 2.49. The molecule has 1 amide bonds. The summed E-state index contributed by atoms with van der Waals surface area (Å²) in [7, 11) is 0. The second-order valence-electron chi connectivity index (χ2n) is 3.77. The van der Waals surface area contributed by atoms with Crippen LogP contribution in [-0.2, 0) is 16.0 Å². The van der Waals surface area contributed by atoms with Crippen LogP contribution in [0.25, 0.3) is 0 Å². The Bertz CT molecular complexity index is 493. The lowest BCUT2D eigenvalue weighted by molar-refractivity contribution is -0.163. The number of halogens is 4. The average Bonchev–Trinajstić information content (AvgIpc) is 2.76. The van der Waals surface area contributed by atoms with E-state index in [2.05, 4.69) is 4.98 Å². The van der Waals surface area contributed by atoms with Gasteiger partial charge in [-0.15, -0.1) is 11.3 Å². The third-order valence-electron chi connectivity index (χ3n) is 2.17. The molecule has 10 heteroatoms. The number of rotatable bonds is 7. The molecule has 0 aliphatic rings. The molecule has 20 heavy (non-hydrogen) atoms. The van der Waals surface area contributed by atoms with Gasteiger partial charge >= 0.3 is 24.2 Å². The van der Waals surface area contributed by atoms with Crippen molar-refractivity contribution in [2.75, 3.05) is 5.32 Å². The molecule has 1 heterocycles. The molecule has 5 nitrogen and oxygen atoms in total. The van der Waals surface area contributed by atoms with Crippen LogP contribution >= 0.6 is 11.3 Å². The summed E-state index contributed by atoms with van der Waals surface area (Å²) in [5.41, 5.74) is 0.395. The van der Waals surface area contributed by atoms with E-state index >= 15 is 0 Å². The van der Waals surface area contributed by atoms with E-state index in [0.717, 1.165) is 11.3 Å². The summed E-state index contributed by atoms with van der Waals surface area (Å²) in [6.07, 6.45) is -3.61. The Morgan fingerprint density at radius 1 is 1.45 bits per heavy atom. The van der Waals surface area contributed by atoms with Gasteiger partial charge < -0.3 is 5.11 Å². The lowest BCUT2D eigenvalue weighted by atomic mass is 10.2. The minimum atomic E-state index is -4.78. The Morgan fingerprint density at radius 2 is 2.10 bits per heavy atom. The molecule has 0 aliphatic carbocycles. The molecule has 2 N–H and O–H groups in total. The first-order chi connectivity index (χ1) is 9.23. The number of carboxylic acids is 1. The van der Waals surface area contributed by atoms with Gasteiger partial charge in [0.15, 0.2) is 5.13 Å². The molecular weight excluding hydrogens is 304 g/mol. The number of hydrogen-bond acceptors (Lipinski definition) is 4. The maximum absolute atomic E-state index is 12.7. The molecule has 0 saturated heterocycles. The topological polar surface area (TPSA) is 79.3 Å². The van der Waals surface area contributed by atoms with Crippen LogP contribution < -0.4 is 5.32 Å². The Kier molecular flexibility index (Phi) is 5.43. The van der Waals surface area contributed by atoms with E-state index in [1.54, 1.807) is 5.32 Å². The lowest BCUT2D eigenvalue weighted by Crippen LogP contribution is -2.40. The zero-order valence-corrected chi connectivity index (χ0v) is 10.7. The smallest absolute Gasteiger partial charge is 0.383 e. The van der Waals surface area contributed by atoms with Crippen molar-refractivity contribution in [1.29, 1.82) is 0 Å². The number of nitrogens with one attached hydrogen (secondary N) is 1. The molecule has 0 saturated carbocycles. The molecule has 112 valence electrons. The van der Waals surface area contributed by atoms with E-state index in [4.69, 9.17) is 5.11 Å². The summed E-state index contributed by atoms with van der Waals surface area (Å²) in [6, 6.07) is 0. The van der Waals surface area contributed by atoms with Crippen molar-refractivity contribution in [3.05, 3.63) is 11.1 Å². The van der Waals surface area contributed by atoms with E-state index in [1.807, 2.05) is 0 Å². The molecule has 0 atom stereocenters. The SMILES string of the molecule is O=C(O)CCCc1csc(NC(=O)C(F)(F)C(F)F)n1. The maximum atomic E-state index is 12.7. The molecule has 0 spiro atoms. The molecule has 0 aliphatic heterocycles. The van der Waals surface area contributed by atoms with Gasteiger partial charge in [-0.05, 0) is 12.8 Å². The molecule has 0 unspecified atom stereocenters. The van der Waals surface area contributed by atoms with E-state index in [-0.39, 0.29) is 18.0 Å². The zero-order chi connectivity index (χ0) is 15.3. The van der Waals surface area contributed by atoms with Crippen molar-refractivity contribution < 1.29 is 32.3 Å². The fourth-order valence-corrected chi connectivity index (χ4v) is 1.92. The van der Waals surface area contributed by atoms with Crippen LogP contribution in [0, 0.1) is 0 Å². The number of carbonyl (C=O) groups is 2. The number of hydrogen-bond donors (Lipinski definition) is 2. The highest BCUT2D eigenvalue weighted by Crippen LogP contribution is 2.26. The first-order valence-corrected chi connectivity index (χ1v) is 6.25. The fraction of sp³-hybridized carbons (Fsp3) is 0.500. The number of anilines is 1. The van der Waals surface area contributed by atoms with E-state index < -0.39 is 24.2 Å². The number of carbonyl (C=O) groups excluding carboxylic acids is 1. The first-order valence-electron chi connectivity index (χ1n) is 5.37. The minimum absolute atomic E-state index is 0.0807. The van der Waals surface area contributed by atoms with Gasteiger partial charge in [0, 0.05) is 11.8 Å². The predicted molar refractivity (Wildman–Crippen MR) is 62.3 cm³/mol. The van der Waals surface area contributed by atoms with Gasteiger partial charge in [-0.25, -0.2) is 13.8 Å². The Hall–Kier alpha value is -1.71. The van der Waals surface area contributed by atoms with Crippen molar-refractivity contribution in [3.63, 3.8) is 0 Å². The fourth-order valence-electron chi connectivity index (χ4n) is 1.18. The number of aliphatic carboxylic acids is 1. The monoisotopic (exact) mass is 314 g/mol. The summed E-state index contributed by atoms with van der Waals surface area (Å²) in [5, 5.41) is 11.2. The quantitative estimate of drug-likeness (QED) is 0.757. The number of thiazole rings is 1. The van der Waals surface area contributed by atoms with E-state index in [9.17, 15) is 27.2 Å². The van der Waals surface area contributed by atoms with Crippen LogP contribution in [-0.4, -0.2) is 34.3 Å². The van der Waals surface area contributed by atoms with Crippen molar-refractivity contribution in [2.45, 2.75) is 31.6 Å². The van der Waals surface area contributed by atoms with E-state index in [1.165, 1.54) is 5.38 Å². The summed E-state index contributed by atoms with van der Waals surface area (Å²) in [4.78, 5) is 25.0. The van der Waals surface area contributed by atoms with Gasteiger partial charge in [0.05, 0.1) is 5.69 Å². The normalized spacial score (nSPS) is 11.7. The number of amides is 1. The summed E-state index contributed by atoms with van der Waals surface area (Å²) < 4.78 is 49.2. The maximum Gasteiger partial charge on any atom is 0.383 e. The summed E-state index contributed by atoms with van der Waals surface area (Å²) >= 11 is 0.796. The highest BCUT2D eigenvalue weighted by molar-refractivity contribution is 7.13. The number of alkyl halides is 4.